The molecule has 0 radical (unpaired) electrons. The summed E-state index contributed by atoms with van der Waals surface area (Å²) in [5.41, 5.74) is 3.37. The molecule has 0 spiro atoms. The van der Waals surface area contributed by atoms with E-state index in [1.165, 1.54) is 4.68 Å². The molecule has 0 unspecified atom stereocenters. The minimum Gasteiger partial charge on any atom is -0.377 e. The van der Waals surface area contributed by atoms with Gasteiger partial charge in [-0.3, -0.25) is 9.29 Å². The fourth-order valence-electron chi connectivity index (χ4n) is 4.55. The van der Waals surface area contributed by atoms with Crippen LogP contribution in [0.25, 0.3) is 11.1 Å². The van der Waals surface area contributed by atoms with Crippen LogP contribution in [0.2, 0.25) is 0 Å². The first-order valence-corrected chi connectivity index (χ1v) is 15.2. The highest BCUT2D eigenvalue weighted by Gasteiger charge is 2.24. The standard InChI is InChI=1S/C30H37N5O5S/c1-6-9-14-28-31-35(17-7-2)30(36)34(28)19-23-15-16-25(24(18-23)20-39-8-3)26-12-10-11-13-27(26)41(37,38)33-29-21(4)22(5)40-32-29/h7,10-13,15-16,18H,2,6,8-9,14,17,19-20H2,1,3-5H3,(H,32,33). The molecule has 4 aromatic rings. The van der Waals surface area contributed by atoms with Crippen molar-refractivity contribution in [3.63, 3.8) is 0 Å². The van der Waals surface area contributed by atoms with Crippen LogP contribution in [0.4, 0.5) is 5.82 Å². The lowest BCUT2D eigenvalue weighted by Gasteiger charge is -2.16. The van der Waals surface area contributed by atoms with Crippen LogP contribution >= 0.6 is 0 Å². The van der Waals surface area contributed by atoms with E-state index in [4.69, 9.17) is 9.26 Å². The Morgan fingerprint density at radius 2 is 1.90 bits per heavy atom. The third-order valence-corrected chi connectivity index (χ3v) is 8.28. The van der Waals surface area contributed by atoms with Crippen molar-refractivity contribution >= 4 is 15.8 Å². The van der Waals surface area contributed by atoms with Crippen LogP contribution in [-0.4, -0.2) is 34.5 Å². The number of benzene rings is 2. The predicted molar refractivity (Wildman–Crippen MR) is 158 cm³/mol. The van der Waals surface area contributed by atoms with Gasteiger partial charge in [0, 0.05) is 24.2 Å². The third-order valence-electron chi connectivity index (χ3n) is 6.88. The van der Waals surface area contributed by atoms with Crippen LogP contribution in [0, 0.1) is 13.8 Å². The van der Waals surface area contributed by atoms with Crippen LogP contribution in [0.3, 0.4) is 0 Å². The molecule has 10 nitrogen and oxygen atoms in total. The number of hydrogen-bond acceptors (Lipinski definition) is 7. The van der Waals surface area contributed by atoms with Gasteiger partial charge in [-0.2, -0.15) is 5.10 Å². The molecule has 0 aliphatic carbocycles. The quantitative estimate of drug-likeness (QED) is 0.203. The van der Waals surface area contributed by atoms with Crippen LogP contribution in [0.1, 0.15) is 55.0 Å². The monoisotopic (exact) mass is 579 g/mol. The van der Waals surface area contributed by atoms with Gasteiger partial charge in [-0.25, -0.2) is 17.9 Å². The smallest absolute Gasteiger partial charge is 0.346 e. The molecule has 2 heterocycles. The first-order valence-electron chi connectivity index (χ1n) is 13.7. The van der Waals surface area contributed by atoms with E-state index in [0.717, 1.165) is 35.4 Å². The maximum atomic E-state index is 13.5. The molecule has 0 fully saturated rings. The van der Waals surface area contributed by atoms with Crippen molar-refractivity contribution in [3.05, 3.63) is 93.9 Å². The van der Waals surface area contributed by atoms with E-state index in [9.17, 15) is 13.2 Å². The van der Waals surface area contributed by atoms with E-state index in [1.54, 1.807) is 48.8 Å². The number of aryl methyl sites for hydroxylation is 2. The number of nitrogens with zero attached hydrogens (tertiary/aromatic N) is 4. The molecule has 0 saturated carbocycles. The predicted octanol–water partition coefficient (Wildman–Crippen LogP) is 5.23. The Labute approximate surface area is 240 Å². The fraction of sp³-hybridized carbons (Fsp3) is 0.367. The van der Waals surface area contributed by atoms with E-state index in [2.05, 4.69) is 28.5 Å². The van der Waals surface area contributed by atoms with Crippen LogP contribution in [-0.2, 0) is 40.9 Å². The number of nitrogens with one attached hydrogen (secondary N) is 1. The molecular formula is C30H37N5O5S. The molecule has 0 saturated heterocycles. The van der Waals surface area contributed by atoms with E-state index in [0.29, 0.717) is 43.0 Å². The molecule has 4 rings (SSSR count). The second kappa shape index (κ2) is 13.1. The zero-order valence-corrected chi connectivity index (χ0v) is 24.8. The Morgan fingerprint density at radius 3 is 2.59 bits per heavy atom. The second-order valence-electron chi connectivity index (χ2n) is 9.80. The number of aromatic nitrogens is 4. The largest absolute Gasteiger partial charge is 0.377 e. The zero-order chi connectivity index (χ0) is 29.6. The summed E-state index contributed by atoms with van der Waals surface area (Å²) in [6.07, 6.45) is 4.26. The maximum absolute atomic E-state index is 13.5. The molecule has 11 heteroatoms. The molecule has 41 heavy (non-hydrogen) atoms. The number of sulfonamides is 1. The average Bonchev–Trinajstić information content (AvgIpc) is 3.43. The SMILES string of the molecule is C=CCn1nc(CCCC)n(Cc2ccc(-c3ccccc3S(=O)(=O)Nc3noc(C)c3C)c(COCC)c2)c1=O. The molecule has 0 aliphatic rings. The van der Waals surface area contributed by atoms with Crippen molar-refractivity contribution in [2.45, 2.75) is 71.5 Å². The van der Waals surface area contributed by atoms with Crippen LogP contribution < -0.4 is 10.4 Å². The number of rotatable bonds is 14. The van der Waals surface area contributed by atoms with E-state index in [-0.39, 0.29) is 23.0 Å². The van der Waals surface area contributed by atoms with Gasteiger partial charge in [0.25, 0.3) is 10.0 Å². The Bertz CT molecular complexity index is 1680. The van der Waals surface area contributed by atoms with E-state index < -0.39 is 10.0 Å². The average molecular weight is 580 g/mol. The summed E-state index contributed by atoms with van der Waals surface area (Å²) in [6, 6.07) is 12.6. The lowest BCUT2D eigenvalue weighted by Crippen LogP contribution is -2.25. The molecule has 1 N–H and O–H groups in total. The van der Waals surface area contributed by atoms with Gasteiger partial charge in [0.15, 0.2) is 5.82 Å². The normalized spacial score (nSPS) is 11.6. The van der Waals surface area contributed by atoms with E-state index >= 15 is 0 Å². The van der Waals surface area contributed by atoms with Gasteiger partial charge in [0.05, 0.1) is 24.6 Å². The molecule has 2 aromatic heterocycles. The number of ether oxygens (including phenoxy) is 1. The van der Waals surface area contributed by atoms with Gasteiger partial charge in [0.1, 0.15) is 11.6 Å². The highest BCUT2D eigenvalue weighted by molar-refractivity contribution is 7.92. The van der Waals surface area contributed by atoms with Gasteiger partial charge in [0.2, 0.25) is 0 Å². The van der Waals surface area contributed by atoms with Gasteiger partial charge < -0.3 is 9.26 Å². The fourth-order valence-corrected chi connectivity index (χ4v) is 5.83. The minimum absolute atomic E-state index is 0.106. The summed E-state index contributed by atoms with van der Waals surface area (Å²) < 4.78 is 43.7. The van der Waals surface area contributed by atoms with Crippen molar-refractivity contribution in [2.75, 3.05) is 11.3 Å². The van der Waals surface area contributed by atoms with Crippen molar-refractivity contribution in [2.24, 2.45) is 0 Å². The molecule has 218 valence electrons. The summed E-state index contributed by atoms with van der Waals surface area (Å²) in [5, 5.41) is 8.40. The number of hydrogen-bond donors (Lipinski definition) is 1. The first-order chi connectivity index (χ1) is 19.7. The summed E-state index contributed by atoms with van der Waals surface area (Å²) in [6.45, 7) is 12.6. The number of unbranched alkanes of at least 4 members (excludes halogenated alkanes) is 1. The van der Waals surface area contributed by atoms with Crippen molar-refractivity contribution in [1.29, 1.82) is 0 Å². The Morgan fingerprint density at radius 1 is 1.12 bits per heavy atom. The van der Waals surface area contributed by atoms with Crippen molar-refractivity contribution in [1.82, 2.24) is 19.5 Å². The Hall–Kier alpha value is -3.96. The summed E-state index contributed by atoms with van der Waals surface area (Å²) >= 11 is 0. The molecule has 0 atom stereocenters. The number of anilines is 1. The summed E-state index contributed by atoms with van der Waals surface area (Å²) in [5.74, 6) is 1.43. The van der Waals surface area contributed by atoms with E-state index in [1.807, 2.05) is 25.1 Å². The van der Waals surface area contributed by atoms with Gasteiger partial charge in [-0.15, -0.1) is 6.58 Å². The zero-order valence-electron chi connectivity index (χ0n) is 24.0. The van der Waals surface area contributed by atoms with Gasteiger partial charge >= 0.3 is 5.69 Å². The third kappa shape index (κ3) is 6.68. The highest BCUT2D eigenvalue weighted by Crippen LogP contribution is 2.33. The van der Waals surface area contributed by atoms with Crippen LogP contribution in [0.5, 0.6) is 0 Å². The molecule has 0 bridgehead atoms. The second-order valence-corrected chi connectivity index (χ2v) is 11.5. The van der Waals surface area contributed by atoms with Gasteiger partial charge in [-0.05, 0) is 49.9 Å². The minimum atomic E-state index is -4.00. The molecule has 0 aliphatic heterocycles. The molecular weight excluding hydrogens is 542 g/mol. The summed E-state index contributed by atoms with van der Waals surface area (Å²) in [4.78, 5) is 13.2. The maximum Gasteiger partial charge on any atom is 0.346 e. The Balaban J connectivity index is 1.75. The molecule has 0 amide bonds. The molecule has 2 aromatic carbocycles. The summed E-state index contributed by atoms with van der Waals surface area (Å²) in [7, 11) is -4.00. The number of allylic oxidation sites excluding steroid dienone is 1. The van der Waals surface area contributed by atoms with Crippen molar-refractivity contribution < 1.29 is 17.7 Å². The highest BCUT2D eigenvalue weighted by atomic mass is 32.2. The van der Waals surface area contributed by atoms with Gasteiger partial charge in [-0.1, -0.05) is 61.0 Å². The Kier molecular flexibility index (Phi) is 9.61. The first kappa shape index (κ1) is 30.0. The lowest BCUT2D eigenvalue weighted by atomic mass is 9.97. The van der Waals surface area contributed by atoms with Crippen molar-refractivity contribution in [3.8, 4) is 11.1 Å². The van der Waals surface area contributed by atoms with Crippen LogP contribution in [0.15, 0.2) is 69.3 Å². The topological polar surface area (TPSA) is 121 Å². The lowest BCUT2D eigenvalue weighted by molar-refractivity contribution is 0.134.